The summed E-state index contributed by atoms with van der Waals surface area (Å²) in [6.45, 7) is 5.51. The fourth-order valence-electron chi connectivity index (χ4n) is 3.00. The SMILES string of the molecule is Cc1c(C(=O)NCc2ccc(S(=O)(=O)N(C)C(C)C)cc2)cnn1-c1ccccc1F. The van der Waals surface area contributed by atoms with Crippen LogP contribution in [0, 0.1) is 12.7 Å². The van der Waals surface area contributed by atoms with Crippen LogP contribution in [0.25, 0.3) is 5.69 Å². The molecule has 0 fully saturated rings. The summed E-state index contributed by atoms with van der Waals surface area (Å²) in [6.07, 6.45) is 1.40. The fourth-order valence-corrected chi connectivity index (χ4v) is 4.37. The smallest absolute Gasteiger partial charge is 0.255 e. The lowest BCUT2D eigenvalue weighted by Crippen LogP contribution is -2.33. The minimum atomic E-state index is -3.56. The lowest BCUT2D eigenvalue weighted by Gasteiger charge is -2.21. The van der Waals surface area contributed by atoms with Crippen molar-refractivity contribution < 1.29 is 17.6 Å². The Morgan fingerprint density at radius 1 is 1.16 bits per heavy atom. The lowest BCUT2D eigenvalue weighted by molar-refractivity contribution is 0.0950. The molecule has 7 nitrogen and oxygen atoms in total. The van der Waals surface area contributed by atoms with E-state index in [9.17, 15) is 17.6 Å². The predicted molar refractivity (Wildman–Crippen MR) is 116 cm³/mol. The zero-order chi connectivity index (χ0) is 22.8. The van der Waals surface area contributed by atoms with Gasteiger partial charge in [0.05, 0.1) is 22.3 Å². The van der Waals surface area contributed by atoms with E-state index in [1.165, 1.54) is 40.4 Å². The molecule has 3 rings (SSSR count). The van der Waals surface area contributed by atoms with Gasteiger partial charge >= 0.3 is 0 Å². The highest BCUT2D eigenvalue weighted by Crippen LogP contribution is 2.19. The molecule has 0 aliphatic heterocycles. The Morgan fingerprint density at radius 2 is 1.81 bits per heavy atom. The highest BCUT2D eigenvalue weighted by molar-refractivity contribution is 7.89. The second-order valence-electron chi connectivity index (χ2n) is 7.45. The number of nitrogens with zero attached hydrogens (tertiary/aromatic N) is 3. The van der Waals surface area contributed by atoms with Gasteiger partial charge in [0.15, 0.2) is 0 Å². The summed E-state index contributed by atoms with van der Waals surface area (Å²) >= 11 is 0. The third-order valence-corrected chi connectivity index (χ3v) is 7.16. The zero-order valence-corrected chi connectivity index (χ0v) is 18.6. The minimum Gasteiger partial charge on any atom is -0.348 e. The molecule has 2 aromatic carbocycles. The number of carbonyl (C=O) groups excluding carboxylic acids is 1. The van der Waals surface area contributed by atoms with Crippen molar-refractivity contribution in [3.05, 3.63) is 77.4 Å². The number of hydrogen-bond acceptors (Lipinski definition) is 4. The van der Waals surface area contributed by atoms with E-state index in [1.807, 2.05) is 0 Å². The highest BCUT2D eigenvalue weighted by atomic mass is 32.2. The van der Waals surface area contributed by atoms with E-state index in [4.69, 9.17) is 0 Å². The molecular formula is C22H25FN4O3S. The van der Waals surface area contributed by atoms with Gasteiger partial charge in [0, 0.05) is 19.6 Å². The van der Waals surface area contributed by atoms with E-state index in [-0.39, 0.29) is 29.1 Å². The van der Waals surface area contributed by atoms with Crippen LogP contribution in [-0.2, 0) is 16.6 Å². The van der Waals surface area contributed by atoms with Gasteiger partial charge in [-0.25, -0.2) is 17.5 Å². The third-order valence-electron chi connectivity index (χ3n) is 5.12. The molecule has 3 aromatic rings. The van der Waals surface area contributed by atoms with Crippen molar-refractivity contribution in [2.24, 2.45) is 0 Å². The predicted octanol–water partition coefficient (Wildman–Crippen LogP) is 3.28. The highest BCUT2D eigenvalue weighted by Gasteiger charge is 2.23. The van der Waals surface area contributed by atoms with Crippen LogP contribution in [0.1, 0.15) is 35.5 Å². The van der Waals surface area contributed by atoms with Crippen LogP contribution in [0.3, 0.4) is 0 Å². The average Bonchev–Trinajstić information content (AvgIpc) is 3.13. The van der Waals surface area contributed by atoms with E-state index < -0.39 is 15.8 Å². The summed E-state index contributed by atoms with van der Waals surface area (Å²) in [5.41, 5.74) is 1.86. The molecule has 0 radical (unpaired) electrons. The summed E-state index contributed by atoms with van der Waals surface area (Å²) in [4.78, 5) is 12.8. The number of rotatable bonds is 7. The Morgan fingerprint density at radius 3 is 2.42 bits per heavy atom. The number of amides is 1. The molecular weight excluding hydrogens is 419 g/mol. The molecule has 0 bridgehead atoms. The maximum Gasteiger partial charge on any atom is 0.255 e. The van der Waals surface area contributed by atoms with Crippen LogP contribution in [0.5, 0.6) is 0 Å². The summed E-state index contributed by atoms with van der Waals surface area (Å²) in [7, 11) is -2.02. The second kappa shape index (κ2) is 8.99. The maximum absolute atomic E-state index is 14.0. The number of benzene rings is 2. The first-order chi connectivity index (χ1) is 14.6. The quantitative estimate of drug-likeness (QED) is 0.606. The van der Waals surface area contributed by atoms with Crippen molar-refractivity contribution in [2.45, 2.75) is 38.3 Å². The minimum absolute atomic E-state index is 0.155. The van der Waals surface area contributed by atoms with Gasteiger partial charge in [0.25, 0.3) is 5.91 Å². The summed E-state index contributed by atoms with van der Waals surface area (Å²) < 4.78 is 41.8. The van der Waals surface area contributed by atoms with Crippen molar-refractivity contribution in [3.8, 4) is 5.69 Å². The van der Waals surface area contributed by atoms with Crippen molar-refractivity contribution in [1.82, 2.24) is 19.4 Å². The molecule has 1 N–H and O–H groups in total. The Bertz CT molecular complexity index is 1190. The summed E-state index contributed by atoms with van der Waals surface area (Å²) in [6, 6.07) is 12.4. The Hall–Kier alpha value is -3.04. The van der Waals surface area contributed by atoms with E-state index in [0.717, 1.165) is 5.56 Å². The molecule has 0 spiro atoms. The third kappa shape index (κ3) is 4.67. The summed E-state index contributed by atoms with van der Waals surface area (Å²) in [5, 5.41) is 6.93. The number of sulfonamides is 1. The first-order valence-corrected chi connectivity index (χ1v) is 11.2. The standard InChI is InChI=1S/C22H25FN4O3S/c1-15(2)26(4)31(29,30)18-11-9-17(10-12-18)13-24-22(28)19-14-25-27(16(19)3)21-8-6-5-7-20(21)23/h5-12,14-15H,13H2,1-4H3,(H,24,28). The molecule has 0 atom stereocenters. The molecule has 0 saturated heterocycles. The topological polar surface area (TPSA) is 84.3 Å². The number of aromatic nitrogens is 2. The van der Waals surface area contributed by atoms with Crippen LogP contribution < -0.4 is 5.32 Å². The molecule has 31 heavy (non-hydrogen) atoms. The number of halogens is 1. The number of para-hydroxylation sites is 1. The van der Waals surface area contributed by atoms with Crippen molar-refractivity contribution in [2.75, 3.05) is 7.05 Å². The monoisotopic (exact) mass is 444 g/mol. The first-order valence-electron chi connectivity index (χ1n) is 9.77. The molecule has 0 aliphatic carbocycles. The Kier molecular flexibility index (Phi) is 6.56. The molecule has 1 heterocycles. The van der Waals surface area contributed by atoms with Crippen LogP contribution in [-0.4, -0.2) is 41.5 Å². The Labute approximate surface area is 181 Å². The van der Waals surface area contributed by atoms with Gasteiger partial charge in [-0.15, -0.1) is 0 Å². The first kappa shape index (κ1) is 22.6. The molecule has 164 valence electrons. The molecule has 0 saturated carbocycles. The second-order valence-corrected chi connectivity index (χ2v) is 9.45. The molecule has 1 amide bonds. The van der Waals surface area contributed by atoms with Crippen molar-refractivity contribution in [1.29, 1.82) is 0 Å². The van der Waals surface area contributed by atoms with Gasteiger partial charge in [-0.1, -0.05) is 24.3 Å². The number of hydrogen-bond donors (Lipinski definition) is 1. The fraction of sp³-hybridized carbons (Fsp3) is 0.273. The van der Waals surface area contributed by atoms with Gasteiger partial charge < -0.3 is 5.32 Å². The normalized spacial score (nSPS) is 11.8. The van der Waals surface area contributed by atoms with Crippen LogP contribution >= 0.6 is 0 Å². The summed E-state index contributed by atoms with van der Waals surface area (Å²) in [5.74, 6) is -0.782. The van der Waals surface area contributed by atoms with Gasteiger partial charge in [-0.3, -0.25) is 4.79 Å². The van der Waals surface area contributed by atoms with E-state index in [2.05, 4.69) is 10.4 Å². The van der Waals surface area contributed by atoms with Gasteiger partial charge in [0.1, 0.15) is 11.5 Å². The van der Waals surface area contributed by atoms with Crippen LogP contribution in [0.4, 0.5) is 4.39 Å². The zero-order valence-electron chi connectivity index (χ0n) is 17.8. The average molecular weight is 445 g/mol. The number of nitrogens with one attached hydrogen (secondary N) is 1. The van der Waals surface area contributed by atoms with E-state index in [1.54, 1.807) is 51.1 Å². The van der Waals surface area contributed by atoms with Crippen LogP contribution in [0.15, 0.2) is 59.6 Å². The number of carbonyl (C=O) groups is 1. The maximum atomic E-state index is 14.0. The molecule has 0 aliphatic rings. The molecule has 0 unspecified atom stereocenters. The van der Waals surface area contributed by atoms with Gasteiger partial charge in [-0.05, 0) is 50.6 Å². The van der Waals surface area contributed by atoms with Crippen molar-refractivity contribution in [3.63, 3.8) is 0 Å². The Balaban J connectivity index is 1.70. The molecule has 9 heteroatoms. The molecule has 1 aromatic heterocycles. The van der Waals surface area contributed by atoms with Gasteiger partial charge in [0.2, 0.25) is 10.0 Å². The van der Waals surface area contributed by atoms with Crippen LogP contribution in [0.2, 0.25) is 0 Å². The lowest BCUT2D eigenvalue weighted by atomic mass is 10.2. The largest absolute Gasteiger partial charge is 0.348 e. The van der Waals surface area contributed by atoms with Crippen molar-refractivity contribution >= 4 is 15.9 Å². The van der Waals surface area contributed by atoms with E-state index >= 15 is 0 Å². The van der Waals surface area contributed by atoms with E-state index in [0.29, 0.717) is 11.3 Å². The van der Waals surface area contributed by atoms with Gasteiger partial charge in [-0.2, -0.15) is 9.40 Å².